The largest absolute Gasteiger partial charge is 0.504 e. The summed E-state index contributed by atoms with van der Waals surface area (Å²) in [4.78, 5) is 84.3. The van der Waals surface area contributed by atoms with Crippen LogP contribution in [0.1, 0.15) is 34.6 Å². The van der Waals surface area contributed by atoms with Gasteiger partial charge in [-0.15, -0.1) is 22.7 Å². The number of phenolic OH excluding ortho intramolecular Hbond substituents is 5. The molecule has 284 valence electrons. The molecule has 0 amide bonds. The first-order chi connectivity index (χ1) is 25.8. The van der Waals surface area contributed by atoms with Crippen molar-refractivity contribution in [3.8, 4) is 57.5 Å². The van der Waals surface area contributed by atoms with Gasteiger partial charge in [0.1, 0.15) is 0 Å². The quantitative estimate of drug-likeness (QED) is 0.0666. The van der Waals surface area contributed by atoms with Crippen LogP contribution < -0.4 is 34.5 Å². The standard InChI is InChI=1S/C23H18O11S.C13H8O6S/c1-9(24)30-16-7-6-14-18(29)15-8-17(31-10(2)25)19(32-11(3)26)21(34-13(5)28)23(15)35-22(14)20(16)33-12(4)27;14-6-2-1-4-8(16)5-3-7(15)9(17)11(19)13(5)20-12(4)10(6)18/h6-8H,1-5H3;1-3,14-15,17-19H. The highest BCUT2D eigenvalue weighted by Gasteiger charge is 2.27. The molecule has 55 heavy (non-hydrogen) atoms. The average molecular weight is 795 g/mol. The van der Waals surface area contributed by atoms with E-state index in [1.54, 1.807) is 0 Å². The van der Waals surface area contributed by atoms with E-state index in [2.05, 4.69) is 0 Å². The molecular formula is C36H26O17S2. The first-order valence-electron chi connectivity index (χ1n) is 15.4. The lowest BCUT2D eigenvalue weighted by atomic mass is 10.1. The van der Waals surface area contributed by atoms with Crippen LogP contribution in [0.4, 0.5) is 0 Å². The first-order valence-corrected chi connectivity index (χ1v) is 17.0. The Morgan fingerprint density at radius 1 is 0.436 bits per heavy atom. The molecule has 0 aliphatic rings. The molecule has 0 saturated heterocycles. The van der Waals surface area contributed by atoms with E-state index in [0.29, 0.717) is 0 Å². The minimum absolute atomic E-state index is 0.0122. The minimum atomic E-state index is -0.826. The summed E-state index contributed by atoms with van der Waals surface area (Å²) in [6.07, 6.45) is 0. The molecule has 0 fully saturated rings. The number of carbonyl (C=O) groups excluding carboxylic acids is 5. The Morgan fingerprint density at radius 3 is 1.45 bits per heavy atom. The number of ether oxygens (including phenoxy) is 5. The van der Waals surface area contributed by atoms with Crippen molar-refractivity contribution in [1.82, 2.24) is 0 Å². The molecule has 0 bridgehead atoms. The Bertz CT molecular complexity index is 2780. The van der Waals surface area contributed by atoms with Crippen LogP contribution in [-0.2, 0) is 24.0 Å². The second-order valence-electron chi connectivity index (χ2n) is 11.3. The van der Waals surface area contributed by atoms with E-state index in [0.717, 1.165) is 63.4 Å². The van der Waals surface area contributed by atoms with Gasteiger partial charge in [-0.3, -0.25) is 33.6 Å². The summed E-state index contributed by atoms with van der Waals surface area (Å²) >= 11 is 1.66. The molecule has 0 radical (unpaired) electrons. The van der Waals surface area contributed by atoms with E-state index in [-0.39, 0.29) is 63.3 Å². The summed E-state index contributed by atoms with van der Waals surface area (Å²) in [7, 11) is 0. The van der Waals surface area contributed by atoms with Crippen molar-refractivity contribution in [3.05, 3.63) is 56.8 Å². The molecule has 0 spiro atoms. The fraction of sp³-hybridized carbons (Fsp3) is 0.139. The van der Waals surface area contributed by atoms with Crippen molar-refractivity contribution >= 4 is 92.9 Å². The van der Waals surface area contributed by atoms with Crippen molar-refractivity contribution < 1.29 is 73.2 Å². The third-order valence-corrected chi connectivity index (χ3v) is 9.64. The molecular weight excluding hydrogens is 769 g/mol. The monoisotopic (exact) mass is 794 g/mol. The molecule has 17 nitrogen and oxygen atoms in total. The summed E-state index contributed by atoms with van der Waals surface area (Å²) in [6.45, 7) is 5.51. The maximum atomic E-state index is 13.4. The highest BCUT2D eigenvalue weighted by molar-refractivity contribution is 7.25. The Kier molecular flexibility index (Phi) is 10.8. The van der Waals surface area contributed by atoms with E-state index in [4.69, 9.17) is 23.7 Å². The predicted molar refractivity (Wildman–Crippen MR) is 196 cm³/mol. The van der Waals surface area contributed by atoms with Gasteiger partial charge in [-0.2, -0.15) is 0 Å². The van der Waals surface area contributed by atoms with Gasteiger partial charge >= 0.3 is 29.8 Å². The molecule has 2 aromatic heterocycles. The van der Waals surface area contributed by atoms with E-state index in [9.17, 15) is 59.1 Å². The molecule has 5 N–H and O–H groups in total. The zero-order valence-corrected chi connectivity index (χ0v) is 30.5. The van der Waals surface area contributed by atoms with Gasteiger partial charge in [0, 0.05) is 56.2 Å². The van der Waals surface area contributed by atoms with E-state index >= 15 is 0 Å². The van der Waals surface area contributed by atoms with Gasteiger partial charge in [-0.1, -0.05) is 0 Å². The van der Waals surface area contributed by atoms with Gasteiger partial charge in [-0.25, -0.2) is 0 Å². The van der Waals surface area contributed by atoms with Gasteiger partial charge in [0.15, 0.2) is 56.9 Å². The first kappa shape index (κ1) is 39.2. The molecule has 4 aromatic carbocycles. The minimum Gasteiger partial charge on any atom is -0.504 e. The normalized spacial score (nSPS) is 10.8. The van der Waals surface area contributed by atoms with Crippen LogP contribution in [0.15, 0.2) is 46.0 Å². The van der Waals surface area contributed by atoms with Gasteiger partial charge in [0.25, 0.3) is 0 Å². The maximum Gasteiger partial charge on any atom is 0.308 e. The molecule has 0 aliphatic carbocycles. The van der Waals surface area contributed by atoms with Crippen molar-refractivity contribution in [2.24, 2.45) is 0 Å². The summed E-state index contributed by atoms with van der Waals surface area (Å²) in [5, 5.41) is 48.2. The van der Waals surface area contributed by atoms with E-state index in [1.807, 2.05) is 0 Å². The SMILES string of the molecule is CC(=O)Oc1cc2c(=O)c3ccc(OC(C)=O)c(OC(C)=O)c3sc2c(OC(C)=O)c1OC(C)=O.O=c1c2ccc(O)c(O)c2sc2c(O)c(O)c(O)cc12. The fourth-order valence-corrected chi connectivity index (χ4v) is 7.44. The second-order valence-corrected chi connectivity index (χ2v) is 13.3. The number of phenols is 5. The number of rotatable bonds is 5. The van der Waals surface area contributed by atoms with Crippen LogP contribution in [0.3, 0.4) is 0 Å². The lowest BCUT2D eigenvalue weighted by Gasteiger charge is -2.16. The highest BCUT2D eigenvalue weighted by atomic mass is 32.1. The number of benzene rings is 4. The van der Waals surface area contributed by atoms with Gasteiger partial charge in [0.05, 0.1) is 18.8 Å². The molecule has 0 aliphatic heterocycles. The summed E-state index contributed by atoms with van der Waals surface area (Å²) in [5.41, 5.74) is -1.15. The number of aromatic hydroxyl groups is 5. The van der Waals surface area contributed by atoms with E-state index < -0.39 is 75.2 Å². The Labute approximate surface area is 314 Å². The molecule has 0 saturated carbocycles. The highest BCUT2D eigenvalue weighted by Crippen LogP contribution is 2.49. The van der Waals surface area contributed by atoms with Gasteiger partial charge in [0.2, 0.25) is 11.5 Å². The number of hydrogen-bond acceptors (Lipinski definition) is 19. The maximum absolute atomic E-state index is 13.4. The van der Waals surface area contributed by atoms with Crippen LogP contribution in [0.25, 0.3) is 40.3 Å². The summed E-state index contributed by atoms with van der Waals surface area (Å²) in [6, 6.07) is 7.38. The van der Waals surface area contributed by atoms with Crippen molar-refractivity contribution in [3.63, 3.8) is 0 Å². The predicted octanol–water partition coefficient (Wildman–Crippen LogP) is 4.98. The zero-order chi connectivity index (χ0) is 40.6. The van der Waals surface area contributed by atoms with Crippen LogP contribution in [0.2, 0.25) is 0 Å². The smallest absolute Gasteiger partial charge is 0.308 e. The molecule has 6 rings (SSSR count). The third kappa shape index (κ3) is 7.73. The number of hydrogen-bond donors (Lipinski definition) is 5. The average Bonchev–Trinajstić information content (AvgIpc) is 3.08. The summed E-state index contributed by atoms with van der Waals surface area (Å²) in [5.74, 6) is -8.18. The molecule has 0 atom stereocenters. The van der Waals surface area contributed by atoms with Gasteiger partial charge in [-0.05, 0) is 36.4 Å². The van der Waals surface area contributed by atoms with E-state index in [1.165, 1.54) is 30.3 Å². The number of esters is 5. The summed E-state index contributed by atoms with van der Waals surface area (Å²) < 4.78 is 26.1. The lowest BCUT2D eigenvalue weighted by molar-refractivity contribution is -0.135. The van der Waals surface area contributed by atoms with Gasteiger partial charge < -0.3 is 49.2 Å². The van der Waals surface area contributed by atoms with Crippen LogP contribution >= 0.6 is 22.7 Å². The Balaban J connectivity index is 0.000000244. The second kappa shape index (κ2) is 15.2. The molecule has 19 heteroatoms. The van der Waals surface area contributed by atoms with Crippen molar-refractivity contribution in [1.29, 1.82) is 0 Å². The van der Waals surface area contributed by atoms with Crippen molar-refractivity contribution in [2.45, 2.75) is 34.6 Å². The topological polar surface area (TPSA) is 267 Å². The van der Waals surface area contributed by atoms with Crippen LogP contribution in [0, 0.1) is 0 Å². The third-order valence-electron chi connectivity index (χ3n) is 7.18. The Morgan fingerprint density at radius 2 is 0.873 bits per heavy atom. The van der Waals surface area contributed by atoms with Crippen LogP contribution in [0.5, 0.6) is 57.5 Å². The number of carbonyl (C=O) groups is 5. The van der Waals surface area contributed by atoms with Crippen LogP contribution in [-0.4, -0.2) is 55.4 Å². The molecule has 6 aromatic rings. The zero-order valence-electron chi connectivity index (χ0n) is 28.9. The molecule has 2 heterocycles. The lowest BCUT2D eigenvalue weighted by Crippen LogP contribution is -2.13. The molecule has 0 unspecified atom stereocenters. The fourth-order valence-electron chi connectivity index (χ4n) is 5.11. The number of fused-ring (bicyclic) bond motifs is 4. The Hall–Kier alpha value is -6.99. The van der Waals surface area contributed by atoms with Crippen molar-refractivity contribution in [2.75, 3.05) is 0 Å².